The summed E-state index contributed by atoms with van der Waals surface area (Å²) in [7, 11) is 0. The number of morpholine rings is 1. The largest absolute Gasteiger partial charge is 0.377 e. The Balaban J connectivity index is 2.09. The van der Waals surface area contributed by atoms with Crippen LogP contribution in [0, 0.1) is 16.7 Å². The molecule has 19 heavy (non-hydrogen) atoms. The Bertz CT molecular complexity index is 423. The summed E-state index contributed by atoms with van der Waals surface area (Å²) in [6, 6.07) is 1.62. The van der Waals surface area contributed by atoms with Gasteiger partial charge in [-0.05, 0) is 26.7 Å². The van der Waals surface area contributed by atoms with Gasteiger partial charge < -0.3 is 15.0 Å². The van der Waals surface area contributed by atoms with E-state index < -0.39 is 11.5 Å². The molecule has 6 heteroatoms. The second-order valence-electron chi connectivity index (χ2n) is 5.61. The Hall–Kier alpha value is -1.61. The van der Waals surface area contributed by atoms with Crippen LogP contribution in [0.15, 0.2) is 0 Å². The van der Waals surface area contributed by atoms with Crippen LogP contribution in [-0.4, -0.2) is 48.6 Å². The van der Waals surface area contributed by atoms with Gasteiger partial charge in [-0.25, -0.2) is 0 Å². The Kier molecular flexibility index (Phi) is 3.76. The average molecular weight is 265 g/mol. The lowest BCUT2D eigenvalue weighted by Gasteiger charge is -2.37. The van der Waals surface area contributed by atoms with Crippen molar-refractivity contribution in [2.45, 2.75) is 38.8 Å². The number of hydrogen-bond donors (Lipinski definition) is 1. The van der Waals surface area contributed by atoms with Gasteiger partial charge in [0.05, 0.1) is 19.3 Å². The summed E-state index contributed by atoms with van der Waals surface area (Å²) in [6.07, 6.45) is 1.99. The molecule has 0 aromatic rings. The van der Waals surface area contributed by atoms with E-state index in [1.54, 1.807) is 13.8 Å². The third-order valence-electron chi connectivity index (χ3n) is 3.43. The van der Waals surface area contributed by atoms with E-state index in [-0.39, 0.29) is 24.5 Å². The van der Waals surface area contributed by atoms with Gasteiger partial charge in [-0.3, -0.25) is 9.59 Å². The van der Waals surface area contributed by atoms with Crippen molar-refractivity contribution < 1.29 is 14.3 Å². The molecule has 1 saturated heterocycles. The molecule has 1 atom stereocenters. The molecule has 0 aromatic heterocycles. The normalized spacial score (nSPS) is 23.6. The fraction of sp³-hybridized carbons (Fsp3) is 0.769. The zero-order valence-electron chi connectivity index (χ0n) is 11.3. The molecule has 1 saturated carbocycles. The Morgan fingerprint density at radius 3 is 2.68 bits per heavy atom. The third-order valence-corrected chi connectivity index (χ3v) is 3.43. The van der Waals surface area contributed by atoms with E-state index >= 15 is 0 Å². The molecule has 0 bridgehead atoms. The van der Waals surface area contributed by atoms with E-state index in [1.165, 1.54) is 4.90 Å². The summed E-state index contributed by atoms with van der Waals surface area (Å²) in [6.45, 7) is 4.10. The summed E-state index contributed by atoms with van der Waals surface area (Å²) in [4.78, 5) is 25.9. The van der Waals surface area contributed by atoms with Gasteiger partial charge in [0.1, 0.15) is 11.5 Å². The first kappa shape index (κ1) is 13.8. The molecule has 0 aromatic carbocycles. The third kappa shape index (κ3) is 3.04. The number of nitrogens with one attached hydrogen (secondary N) is 1. The van der Waals surface area contributed by atoms with Crippen LogP contribution in [0.3, 0.4) is 0 Å². The van der Waals surface area contributed by atoms with Crippen molar-refractivity contribution in [2.24, 2.45) is 5.41 Å². The van der Waals surface area contributed by atoms with E-state index in [2.05, 4.69) is 5.32 Å². The highest BCUT2D eigenvalue weighted by atomic mass is 16.5. The summed E-state index contributed by atoms with van der Waals surface area (Å²) in [5.74, 6) is -0.487. The molecular formula is C13H19N3O3. The zero-order valence-corrected chi connectivity index (χ0v) is 11.3. The summed E-state index contributed by atoms with van der Waals surface area (Å²) >= 11 is 0. The lowest BCUT2D eigenvalue weighted by Crippen LogP contribution is -2.58. The van der Waals surface area contributed by atoms with E-state index in [4.69, 9.17) is 10.00 Å². The molecule has 2 aliphatic rings. The monoisotopic (exact) mass is 265 g/mol. The summed E-state index contributed by atoms with van der Waals surface area (Å²) in [5.41, 5.74) is -1.12. The molecule has 1 aliphatic carbocycles. The topological polar surface area (TPSA) is 82.4 Å². The van der Waals surface area contributed by atoms with E-state index in [0.29, 0.717) is 13.2 Å². The zero-order chi connectivity index (χ0) is 14.0. The van der Waals surface area contributed by atoms with Crippen LogP contribution in [0.25, 0.3) is 0 Å². The number of nitriles is 1. The maximum atomic E-state index is 12.3. The van der Waals surface area contributed by atoms with E-state index in [0.717, 1.165) is 12.8 Å². The fourth-order valence-electron chi connectivity index (χ4n) is 2.00. The lowest BCUT2D eigenvalue weighted by molar-refractivity contribution is -0.153. The first-order valence-electron chi connectivity index (χ1n) is 6.56. The van der Waals surface area contributed by atoms with Crippen LogP contribution < -0.4 is 5.32 Å². The minimum Gasteiger partial charge on any atom is -0.377 e. The fourth-order valence-corrected chi connectivity index (χ4v) is 2.00. The molecule has 1 heterocycles. The van der Waals surface area contributed by atoms with Crippen molar-refractivity contribution in [3.05, 3.63) is 0 Å². The minimum atomic E-state index is -1.12. The van der Waals surface area contributed by atoms with Crippen LogP contribution in [0.1, 0.15) is 26.7 Å². The van der Waals surface area contributed by atoms with Gasteiger partial charge in [0.25, 0.3) is 0 Å². The number of ether oxygens (including phenoxy) is 1. The van der Waals surface area contributed by atoms with Crippen molar-refractivity contribution in [1.82, 2.24) is 10.2 Å². The molecule has 0 radical (unpaired) electrons. The van der Waals surface area contributed by atoms with Gasteiger partial charge in [-0.15, -0.1) is 0 Å². The van der Waals surface area contributed by atoms with Crippen LogP contribution in [0.4, 0.5) is 0 Å². The van der Waals surface area contributed by atoms with Crippen LogP contribution in [-0.2, 0) is 14.3 Å². The number of hydrogen-bond acceptors (Lipinski definition) is 4. The molecule has 2 fully saturated rings. The number of nitrogens with zero attached hydrogens (tertiary/aromatic N) is 2. The predicted octanol–water partition coefficient (Wildman–Crippen LogP) is 0.0422. The second-order valence-corrected chi connectivity index (χ2v) is 5.61. The maximum Gasteiger partial charge on any atom is 0.245 e. The minimum absolute atomic E-state index is 0.177. The van der Waals surface area contributed by atoms with E-state index in [1.807, 2.05) is 6.07 Å². The maximum absolute atomic E-state index is 12.3. The number of rotatable bonds is 3. The van der Waals surface area contributed by atoms with Gasteiger partial charge in [-0.2, -0.15) is 5.26 Å². The molecule has 1 N–H and O–H groups in total. The SMILES string of the molecule is CC(C)(C#N)C(=O)N1CCOCC1C(=O)NC1CC1. The molecular weight excluding hydrogens is 246 g/mol. The lowest BCUT2D eigenvalue weighted by atomic mass is 9.92. The highest BCUT2D eigenvalue weighted by Crippen LogP contribution is 2.23. The average Bonchev–Trinajstić information content (AvgIpc) is 3.21. The van der Waals surface area contributed by atoms with Gasteiger partial charge in [0.2, 0.25) is 11.8 Å². The molecule has 1 unspecified atom stereocenters. The molecule has 1 aliphatic heterocycles. The first-order chi connectivity index (χ1) is 8.95. The van der Waals surface area contributed by atoms with Crippen molar-refractivity contribution in [3.8, 4) is 6.07 Å². The summed E-state index contributed by atoms with van der Waals surface area (Å²) in [5, 5.41) is 11.9. The summed E-state index contributed by atoms with van der Waals surface area (Å²) < 4.78 is 5.29. The Morgan fingerprint density at radius 2 is 2.11 bits per heavy atom. The van der Waals surface area contributed by atoms with E-state index in [9.17, 15) is 9.59 Å². The van der Waals surface area contributed by atoms with Gasteiger partial charge in [0.15, 0.2) is 0 Å². The predicted molar refractivity (Wildman–Crippen MR) is 66.9 cm³/mol. The molecule has 104 valence electrons. The standard InChI is InChI=1S/C13H19N3O3/c1-13(2,8-14)12(18)16-5-6-19-7-10(16)11(17)15-9-3-4-9/h9-10H,3-7H2,1-2H3,(H,15,17). The second kappa shape index (κ2) is 5.17. The van der Waals surface area contributed by atoms with Crippen LogP contribution in [0.2, 0.25) is 0 Å². The quantitative estimate of drug-likeness (QED) is 0.781. The van der Waals surface area contributed by atoms with Gasteiger partial charge in [-0.1, -0.05) is 0 Å². The van der Waals surface area contributed by atoms with Crippen molar-refractivity contribution in [2.75, 3.05) is 19.8 Å². The van der Waals surface area contributed by atoms with Crippen molar-refractivity contribution >= 4 is 11.8 Å². The molecule has 2 rings (SSSR count). The number of amides is 2. The highest BCUT2D eigenvalue weighted by Gasteiger charge is 2.40. The highest BCUT2D eigenvalue weighted by molar-refractivity contribution is 5.91. The first-order valence-corrected chi connectivity index (χ1v) is 6.56. The smallest absolute Gasteiger partial charge is 0.245 e. The number of carbonyl (C=O) groups excluding carboxylic acids is 2. The molecule has 2 amide bonds. The van der Waals surface area contributed by atoms with Crippen LogP contribution in [0.5, 0.6) is 0 Å². The molecule has 0 spiro atoms. The Morgan fingerprint density at radius 1 is 1.42 bits per heavy atom. The molecule has 6 nitrogen and oxygen atoms in total. The van der Waals surface area contributed by atoms with Gasteiger partial charge in [0, 0.05) is 12.6 Å². The van der Waals surface area contributed by atoms with Crippen molar-refractivity contribution in [3.63, 3.8) is 0 Å². The van der Waals surface area contributed by atoms with Crippen molar-refractivity contribution in [1.29, 1.82) is 5.26 Å². The van der Waals surface area contributed by atoms with Gasteiger partial charge >= 0.3 is 0 Å². The Labute approximate surface area is 112 Å². The number of carbonyl (C=O) groups is 2. The van der Waals surface area contributed by atoms with Crippen LogP contribution >= 0.6 is 0 Å².